The molecule has 8 heteroatoms. The van der Waals surface area contributed by atoms with E-state index >= 15 is 0 Å². The zero-order valence-corrected chi connectivity index (χ0v) is 11.5. The molecule has 1 aromatic rings. The second kappa shape index (κ2) is 6.40. The Morgan fingerprint density at radius 2 is 2.29 bits per heavy atom. The number of hydrazine groups is 1. The van der Waals surface area contributed by atoms with Gasteiger partial charge in [-0.2, -0.15) is 0 Å². The average molecular weight is 295 g/mol. The maximum absolute atomic E-state index is 13.9. The highest BCUT2D eigenvalue weighted by Crippen LogP contribution is 2.31. The van der Waals surface area contributed by atoms with Crippen LogP contribution in [0.1, 0.15) is 11.1 Å². The monoisotopic (exact) mass is 295 g/mol. The first-order chi connectivity index (χ1) is 10.0. The summed E-state index contributed by atoms with van der Waals surface area (Å²) in [5.74, 6) is 10.4. The van der Waals surface area contributed by atoms with Crippen LogP contribution in [0.5, 0.6) is 5.75 Å². The number of hydrogen-bond donors (Lipinski definition) is 3. The molecule has 0 heterocycles. The summed E-state index contributed by atoms with van der Waals surface area (Å²) in [6.07, 6.45) is 1.86. The smallest absolute Gasteiger partial charge is 0.227 e. The van der Waals surface area contributed by atoms with Gasteiger partial charge in [-0.15, -0.1) is 5.10 Å². The molecule has 0 aliphatic heterocycles. The topological polar surface area (TPSA) is 120 Å². The first-order valence-corrected chi connectivity index (χ1v) is 6.50. The summed E-state index contributed by atoms with van der Waals surface area (Å²) in [6.45, 7) is 0.449. The molecule has 1 aliphatic rings. The number of hydrogen-bond acceptors (Lipinski definition) is 5. The molecule has 0 saturated heterocycles. The van der Waals surface area contributed by atoms with E-state index in [-0.39, 0.29) is 30.8 Å². The van der Waals surface area contributed by atoms with E-state index in [9.17, 15) is 9.18 Å². The fraction of sp³-hybridized carbons (Fsp3) is 0.385. The van der Waals surface area contributed by atoms with Crippen molar-refractivity contribution >= 4 is 12.2 Å². The molecular formula is C13H18FN5O2. The lowest BCUT2D eigenvalue weighted by atomic mass is 10.1. The van der Waals surface area contributed by atoms with Gasteiger partial charge in [-0.05, 0) is 30.0 Å². The Morgan fingerprint density at radius 3 is 2.95 bits per heavy atom. The van der Waals surface area contributed by atoms with Crippen LogP contribution in [0, 0.1) is 11.7 Å². The zero-order valence-electron chi connectivity index (χ0n) is 11.5. The van der Waals surface area contributed by atoms with Crippen LogP contribution >= 0.6 is 0 Å². The van der Waals surface area contributed by atoms with Crippen molar-refractivity contribution in [3.8, 4) is 5.75 Å². The second-order valence-corrected chi connectivity index (χ2v) is 4.88. The summed E-state index contributed by atoms with van der Waals surface area (Å²) in [4.78, 5) is 10.8. The molecule has 1 aliphatic carbocycles. The molecule has 0 amide bonds. The minimum absolute atomic E-state index is 0.0208. The maximum Gasteiger partial charge on any atom is 0.227 e. The third-order valence-electron chi connectivity index (χ3n) is 3.43. The van der Waals surface area contributed by atoms with E-state index in [1.807, 2.05) is 0 Å². The molecule has 1 atom stereocenters. The molecular weight excluding hydrogens is 277 g/mol. The van der Waals surface area contributed by atoms with Crippen molar-refractivity contribution in [3.63, 3.8) is 0 Å². The van der Waals surface area contributed by atoms with Gasteiger partial charge in [0, 0.05) is 12.0 Å². The molecule has 1 aromatic carbocycles. The van der Waals surface area contributed by atoms with Crippen LogP contribution in [0.3, 0.4) is 0 Å². The van der Waals surface area contributed by atoms with Crippen LogP contribution in [0.4, 0.5) is 4.39 Å². The highest BCUT2D eigenvalue weighted by molar-refractivity contribution is 5.76. The number of hydrazone groups is 1. The van der Waals surface area contributed by atoms with Gasteiger partial charge in [0.15, 0.2) is 0 Å². The van der Waals surface area contributed by atoms with Gasteiger partial charge >= 0.3 is 0 Å². The van der Waals surface area contributed by atoms with Crippen molar-refractivity contribution in [2.45, 2.75) is 12.8 Å². The molecule has 2 rings (SSSR count). The Kier molecular flexibility index (Phi) is 4.59. The number of nitrogens with zero attached hydrogens (tertiary/aromatic N) is 2. The van der Waals surface area contributed by atoms with E-state index in [0.29, 0.717) is 24.2 Å². The second-order valence-electron chi connectivity index (χ2n) is 4.88. The van der Waals surface area contributed by atoms with Crippen molar-refractivity contribution in [1.82, 2.24) is 5.01 Å². The molecule has 6 N–H and O–H groups in total. The van der Waals surface area contributed by atoms with Crippen LogP contribution in [0.25, 0.3) is 0 Å². The summed E-state index contributed by atoms with van der Waals surface area (Å²) in [6, 6.07) is 3.07. The number of benzene rings is 1. The normalized spacial score (nSPS) is 17.4. The molecule has 0 aromatic heterocycles. The third kappa shape index (κ3) is 3.40. The quantitative estimate of drug-likeness (QED) is 0.221. The van der Waals surface area contributed by atoms with Gasteiger partial charge in [-0.1, -0.05) is 0 Å². The Labute approximate surface area is 121 Å². The molecule has 0 saturated carbocycles. The fourth-order valence-electron chi connectivity index (χ4n) is 2.32. The van der Waals surface area contributed by atoms with E-state index in [1.165, 1.54) is 6.07 Å². The Balaban J connectivity index is 1.97. The lowest BCUT2D eigenvalue weighted by molar-refractivity contribution is -0.110. The highest BCUT2D eigenvalue weighted by Gasteiger charge is 2.24. The number of rotatable bonds is 5. The van der Waals surface area contributed by atoms with Crippen LogP contribution < -0.4 is 22.2 Å². The molecule has 7 nitrogen and oxygen atoms in total. The van der Waals surface area contributed by atoms with Gasteiger partial charge < -0.3 is 21.1 Å². The Morgan fingerprint density at radius 1 is 1.52 bits per heavy atom. The van der Waals surface area contributed by atoms with Crippen molar-refractivity contribution in [1.29, 1.82) is 0 Å². The maximum atomic E-state index is 13.9. The van der Waals surface area contributed by atoms with Gasteiger partial charge in [-0.3, -0.25) is 5.01 Å². The number of carbonyl (C=O) groups excluding carboxylic acids is 1. The molecule has 21 heavy (non-hydrogen) atoms. The number of ether oxygens (including phenoxy) is 1. The predicted molar refractivity (Wildman–Crippen MR) is 75.6 cm³/mol. The third-order valence-corrected chi connectivity index (χ3v) is 3.43. The van der Waals surface area contributed by atoms with Gasteiger partial charge in [0.2, 0.25) is 5.96 Å². The summed E-state index contributed by atoms with van der Waals surface area (Å²) in [5, 5.41) is 4.37. The van der Waals surface area contributed by atoms with E-state index in [1.54, 1.807) is 6.07 Å². The van der Waals surface area contributed by atoms with Crippen LogP contribution in [0.2, 0.25) is 0 Å². The van der Waals surface area contributed by atoms with Gasteiger partial charge in [0.1, 0.15) is 24.5 Å². The number of guanidine groups is 1. The van der Waals surface area contributed by atoms with Crippen molar-refractivity contribution in [2.24, 2.45) is 28.4 Å². The lowest BCUT2D eigenvalue weighted by Crippen LogP contribution is -2.45. The lowest BCUT2D eigenvalue weighted by Gasteiger charge is -2.17. The van der Waals surface area contributed by atoms with Crippen LogP contribution in [-0.2, 0) is 17.6 Å². The van der Waals surface area contributed by atoms with E-state index in [2.05, 4.69) is 5.10 Å². The van der Waals surface area contributed by atoms with Crippen molar-refractivity contribution in [3.05, 3.63) is 29.1 Å². The Bertz CT molecular complexity index is 564. The minimum Gasteiger partial charge on any atom is -0.492 e. The van der Waals surface area contributed by atoms with E-state index < -0.39 is 0 Å². The summed E-state index contributed by atoms with van der Waals surface area (Å²) < 4.78 is 19.4. The van der Waals surface area contributed by atoms with E-state index in [0.717, 1.165) is 16.9 Å². The Hall–Kier alpha value is -2.35. The molecule has 114 valence electrons. The zero-order chi connectivity index (χ0) is 15.4. The summed E-state index contributed by atoms with van der Waals surface area (Å²) >= 11 is 0. The molecule has 1 unspecified atom stereocenters. The number of nitrogens with two attached hydrogens (primary N) is 3. The number of carbonyl (C=O) groups is 1. The molecule has 0 bridgehead atoms. The SMILES string of the molecule is N/N=C(/N)N(N)CCOc1cc(F)c2c(c1)CC(C=O)C2. The number of fused-ring (bicyclic) bond motifs is 1. The minimum atomic E-state index is -0.348. The van der Waals surface area contributed by atoms with Gasteiger partial charge in [-0.25, -0.2) is 10.2 Å². The summed E-state index contributed by atoms with van der Waals surface area (Å²) in [5.41, 5.74) is 6.81. The highest BCUT2D eigenvalue weighted by atomic mass is 19.1. The van der Waals surface area contributed by atoms with Crippen molar-refractivity contribution < 1.29 is 13.9 Å². The predicted octanol–water partition coefficient (Wildman–Crippen LogP) is -0.518. The number of aldehydes is 1. The van der Waals surface area contributed by atoms with Crippen molar-refractivity contribution in [2.75, 3.05) is 13.2 Å². The van der Waals surface area contributed by atoms with Crippen LogP contribution in [0.15, 0.2) is 17.2 Å². The first-order valence-electron chi connectivity index (χ1n) is 6.50. The van der Waals surface area contributed by atoms with Gasteiger partial charge in [0.25, 0.3) is 0 Å². The molecule has 0 fully saturated rings. The molecule has 0 radical (unpaired) electrons. The largest absolute Gasteiger partial charge is 0.492 e. The van der Waals surface area contributed by atoms with Gasteiger partial charge in [0.05, 0.1) is 6.54 Å². The first kappa shape index (κ1) is 15.0. The van der Waals surface area contributed by atoms with E-state index in [4.69, 9.17) is 22.2 Å². The molecule has 0 spiro atoms. The fourth-order valence-corrected chi connectivity index (χ4v) is 2.32. The average Bonchev–Trinajstić information content (AvgIpc) is 2.90. The van der Waals surface area contributed by atoms with Crippen LogP contribution in [-0.4, -0.2) is 30.4 Å². The number of halogens is 1. The summed E-state index contributed by atoms with van der Waals surface area (Å²) in [7, 11) is 0. The standard InChI is InChI=1S/C13H18FN5O2/c14-12-6-10(21-2-1-19(17)13(15)18-16)5-9-3-8(7-20)4-11(9)12/h5-8H,1-4,16-17H2,(H2,15,18).